The lowest BCUT2D eigenvalue weighted by atomic mass is 10.2. The third-order valence-electron chi connectivity index (χ3n) is 2.54. The molecular weight excluding hydrogens is 188 g/mol. The summed E-state index contributed by atoms with van der Waals surface area (Å²) < 4.78 is 0. The average Bonchev–Trinajstić information content (AvgIpc) is 2.81. The van der Waals surface area contributed by atoms with Crippen LogP contribution in [-0.2, 0) is 4.79 Å². The summed E-state index contributed by atoms with van der Waals surface area (Å²) in [6, 6.07) is 3.77. The topological polar surface area (TPSA) is 33.2 Å². The van der Waals surface area contributed by atoms with Gasteiger partial charge in [-0.25, -0.2) is 0 Å². The molecule has 1 aromatic rings. The SMILES string of the molecule is O=C(C=Cc1ccncc1)N1CCCC1. The Morgan fingerprint density at radius 3 is 2.60 bits per heavy atom. The van der Waals surface area contributed by atoms with Crippen molar-refractivity contribution in [3.63, 3.8) is 0 Å². The van der Waals surface area contributed by atoms with Crippen molar-refractivity contribution in [3.8, 4) is 0 Å². The zero-order valence-corrected chi connectivity index (χ0v) is 8.60. The van der Waals surface area contributed by atoms with Crippen molar-refractivity contribution in [2.45, 2.75) is 12.8 Å². The van der Waals surface area contributed by atoms with Gasteiger partial charge in [0.15, 0.2) is 0 Å². The molecule has 2 rings (SSSR count). The van der Waals surface area contributed by atoms with E-state index >= 15 is 0 Å². The van der Waals surface area contributed by atoms with Crippen LogP contribution < -0.4 is 0 Å². The minimum Gasteiger partial charge on any atom is -0.339 e. The van der Waals surface area contributed by atoms with Crippen molar-refractivity contribution < 1.29 is 4.79 Å². The normalized spacial score (nSPS) is 16.1. The molecule has 0 aromatic carbocycles. The molecular formula is C12H14N2O. The largest absolute Gasteiger partial charge is 0.339 e. The van der Waals surface area contributed by atoms with Gasteiger partial charge in [-0.1, -0.05) is 0 Å². The molecule has 2 heterocycles. The number of nitrogens with zero attached hydrogens (tertiary/aromatic N) is 2. The van der Waals surface area contributed by atoms with Crippen LogP contribution in [0.2, 0.25) is 0 Å². The number of aromatic nitrogens is 1. The van der Waals surface area contributed by atoms with Crippen molar-refractivity contribution >= 4 is 12.0 Å². The highest BCUT2D eigenvalue weighted by molar-refractivity contribution is 5.91. The monoisotopic (exact) mass is 202 g/mol. The van der Waals surface area contributed by atoms with Crippen molar-refractivity contribution in [1.82, 2.24) is 9.88 Å². The van der Waals surface area contributed by atoms with Crippen LogP contribution in [0.3, 0.4) is 0 Å². The summed E-state index contributed by atoms with van der Waals surface area (Å²) in [4.78, 5) is 17.4. The van der Waals surface area contributed by atoms with Gasteiger partial charge in [0, 0.05) is 31.6 Å². The van der Waals surface area contributed by atoms with Gasteiger partial charge < -0.3 is 4.90 Å². The molecule has 0 radical (unpaired) electrons. The second kappa shape index (κ2) is 4.73. The van der Waals surface area contributed by atoms with E-state index in [0.717, 1.165) is 31.5 Å². The van der Waals surface area contributed by atoms with Gasteiger partial charge in [0.25, 0.3) is 0 Å². The summed E-state index contributed by atoms with van der Waals surface area (Å²) in [6.07, 6.45) is 9.19. The maximum Gasteiger partial charge on any atom is 0.246 e. The van der Waals surface area contributed by atoms with Crippen molar-refractivity contribution in [2.24, 2.45) is 0 Å². The fourth-order valence-corrected chi connectivity index (χ4v) is 1.68. The summed E-state index contributed by atoms with van der Waals surface area (Å²) >= 11 is 0. The van der Waals surface area contributed by atoms with Crippen LogP contribution in [0.4, 0.5) is 0 Å². The first kappa shape index (κ1) is 9.90. The molecule has 1 aliphatic heterocycles. The Bertz CT molecular complexity index is 353. The van der Waals surface area contributed by atoms with E-state index in [-0.39, 0.29) is 5.91 Å². The van der Waals surface area contributed by atoms with Gasteiger partial charge in [0.1, 0.15) is 0 Å². The van der Waals surface area contributed by atoms with Crippen LogP contribution in [0, 0.1) is 0 Å². The van der Waals surface area contributed by atoms with Gasteiger partial charge in [0.2, 0.25) is 5.91 Å². The van der Waals surface area contributed by atoms with E-state index in [4.69, 9.17) is 0 Å². The summed E-state index contributed by atoms with van der Waals surface area (Å²) in [5.41, 5.74) is 1.01. The highest BCUT2D eigenvalue weighted by atomic mass is 16.2. The van der Waals surface area contributed by atoms with Gasteiger partial charge in [-0.2, -0.15) is 0 Å². The predicted molar refractivity (Wildman–Crippen MR) is 59.1 cm³/mol. The number of carbonyl (C=O) groups is 1. The Hall–Kier alpha value is -1.64. The molecule has 78 valence electrons. The van der Waals surface area contributed by atoms with E-state index < -0.39 is 0 Å². The quantitative estimate of drug-likeness (QED) is 0.684. The molecule has 1 aromatic heterocycles. The van der Waals surface area contributed by atoms with Crippen LogP contribution in [-0.4, -0.2) is 28.9 Å². The molecule has 1 aliphatic rings. The molecule has 0 saturated carbocycles. The Morgan fingerprint density at radius 1 is 1.27 bits per heavy atom. The molecule has 0 aliphatic carbocycles. The Kier molecular flexibility index (Phi) is 3.12. The lowest BCUT2D eigenvalue weighted by Crippen LogP contribution is -2.25. The van der Waals surface area contributed by atoms with E-state index in [2.05, 4.69) is 4.98 Å². The van der Waals surface area contributed by atoms with Crippen molar-refractivity contribution in [3.05, 3.63) is 36.2 Å². The predicted octanol–water partition coefficient (Wildman–Crippen LogP) is 1.72. The third-order valence-corrected chi connectivity index (χ3v) is 2.54. The summed E-state index contributed by atoms with van der Waals surface area (Å²) in [5, 5.41) is 0. The first-order valence-electron chi connectivity index (χ1n) is 5.23. The zero-order valence-electron chi connectivity index (χ0n) is 8.60. The molecule has 1 fully saturated rings. The van der Waals surface area contributed by atoms with Crippen molar-refractivity contribution in [2.75, 3.05) is 13.1 Å². The highest BCUT2D eigenvalue weighted by Gasteiger charge is 2.14. The maximum absolute atomic E-state index is 11.6. The first-order chi connectivity index (χ1) is 7.36. The molecule has 0 unspecified atom stereocenters. The second-order valence-electron chi connectivity index (χ2n) is 3.65. The molecule has 1 amide bonds. The smallest absolute Gasteiger partial charge is 0.246 e. The summed E-state index contributed by atoms with van der Waals surface area (Å²) in [7, 11) is 0. The number of rotatable bonds is 2. The van der Waals surface area contributed by atoms with Crippen molar-refractivity contribution in [1.29, 1.82) is 0 Å². The first-order valence-corrected chi connectivity index (χ1v) is 5.23. The lowest BCUT2D eigenvalue weighted by Gasteiger charge is -2.11. The van der Waals surface area contributed by atoms with E-state index in [1.165, 1.54) is 0 Å². The fraction of sp³-hybridized carbons (Fsp3) is 0.333. The van der Waals surface area contributed by atoms with Crippen LogP contribution in [0.15, 0.2) is 30.6 Å². The second-order valence-corrected chi connectivity index (χ2v) is 3.65. The molecule has 0 N–H and O–H groups in total. The standard InChI is InChI=1S/C12H14N2O/c15-12(14-9-1-2-10-14)4-3-11-5-7-13-8-6-11/h3-8H,1-2,9-10H2. The minimum atomic E-state index is 0.115. The van der Waals surface area contributed by atoms with E-state index in [1.54, 1.807) is 18.5 Å². The van der Waals surface area contributed by atoms with E-state index in [1.807, 2.05) is 23.1 Å². The number of carbonyl (C=O) groups excluding carboxylic acids is 1. The summed E-state index contributed by atoms with van der Waals surface area (Å²) in [6.45, 7) is 1.80. The molecule has 1 saturated heterocycles. The molecule has 0 bridgehead atoms. The molecule has 3 nitrogen and oxygen atoms in total. The number of amides is 1. The molecule has 15 heavy (non-hydrogen) atoms. The average molecular weight is 202 g/mol. The third kappa shape index (κ3) is 2.65. The van der Waals surface area contributed by atoms with Gasteiger partial charge in [-0.05, 0) is 36.6 Å². The van der Waals surface area contributed by atoms with Gasteiger partial charge in [-0.3, -0.25) is 9.78 Å². The van der Waals surface area contributed by atoms with Gasteiger partial charge in [-0.15, -0.1) is 0 Å². The van der Waals surface area contributed by atoms with Crippen LogP contribution in [0.25, 0.3) is 6.08 Å². The number of likely N-dealkylation sites (tertiary alicyclic amines) is 1. The van der Waals surface area contributed by atoms with Gasteiger partial charge >= 0.3 is 0 Å². The fourth-order valence-electron chi connectivity index (χ4n) is 1.68. The molecule has 0 spiro atoms. The van der Waals surface area contributed by atoms with E-state index in [0.29, 0.717) is 0 Å². The zero-order chi connectivity index (χ0) is 10.5. The Labute approximate surface area is 89.4 Å². The number of hydrogen-bond acceptors (Lipinski definition) is 2. The van der Waals surface area contributed by atoms with Crippen LogP contribution >= 0.6 is 0 Å². The number of hydrogen-bond donors (Lipinski definition) is 0. The van der Waals surface area contributed by atoms with E-state index in [9.17, 15) is 4.79 Å². The summed E-state index contributed by atoms with van der Waals surface area (Å²) in [5.74, 6) is 0.115. The highest BCUT2D eigenvalue weighted by Crippen LogP contribution is 2.08. The molecule has 3 heteroatoms. The van der Waals surface area contributed by atoms with Crippen LogP contribution in [0.1, 0.15) is 18.4 Å². The molecule has 0 atom stereocenters. The van der Waals surface area contributed by atoms with Crippen LogP contribution in [0.5, 0.6) is 0 Å². The van der Waals surface area contributed by atoms with Gasteiger partial charge in [0.05, 0.1) is 0 Å². The Balaban J connectivity index is 1.96. The number of pyridine rings is 1. The minimum absolute atomic E-state index is 0.115. The maximum atomic E-state index is 11.6. The Morgan fingerprint density at radius 2 is 1.93 bits per heavy atom. The lowest BCUT2D eigenvalue weighted by molar-refractivity contribution is -0.124.